The Balaban J connectivity index is 1.32. The Hall–Kier alpha value is -5.66. The summed E-state index contributed by atoms with van der Waals surface area (Å²) in [4.78, 5) is 0. The van der Waals surface area contributed by atoms with Crippen molar-refractivity contribution < 1.29 is 0 Å². The van der Waals surface area contributed by atoms with Crippen LogP contribution in [0.4, 0.5) is 0 Å². The zero-order valence-corrected chi connectivity index (χ0v) is 24.5. The molecule has 0 radical (unpaired) electrons. The van der Waals surface area contributed by atoms with E-state index >= 15 is 0 Å². The zero-order chi connectivity index (χ0) is 29.2. The molecule has 44 heavy (non-hydrogen) atoms. The maximum atomic E-state index is 2.32. The smallest absolute Gasteiger partial charge is 0.0495 e. The van der Waals surface area contributed by atoms with Gasteiger partial charge in [-0.05, 0) is 77.8 Å². The minimum absolute atomic E-state index is 1.23. The second-order valence-corrected chi connectivity index (χ2v) is 11.7. The zero-order valence-electron chi connectivity index (χ0n) is 24.5. The van der Waals surface area contributed by atoms with E-state index in [4.69, 9.17) is 0 Å². The van der Waals surface area contributed by atoms with Crippen LogP contribution in [0.3, 0.4) is 0 Å². The molecule has 0 fully saturated rings. The molecule has 8 aromatic carbocycles. The van der Waals surface area contributed by atoms with E-state index in [0.717, 1.165) is 0 Å². The number of para-hydroxylation sites is 1. The van der Waals surface area contributed by atoms with E-state index in [2.05, 4.69) is 169 Å². The fourth-order valence-corrected chi connectivity index (χ4v) is 7.44. The molecule has 0 atom stereocenters. The van der Waals surface area contributed by atoms with Gasteiger partial charge in [-0.15, -0.1) is 0 Å². The van der Waals surface area contributed by atoms with Crippen molar-refractivity contribution in [2.24, 2.45) is 7.05 Å². The number of rotatable bonds is 3. The second-order valence-electron chi connectivity index (χ2n) is 11.7. The topological polar surface area (TPSA) is 4.93 Å². The van der Waals surface area contributed by atoms with Crippen molar-refractivity contribution in [1.82, 2.24) is 4.57 Å². The van der Waals surface area contributed by atoms with Crippen molar-refractivity contribution in [2.75, 3.05) is 0 Å². The summed E-state index contributed by atoms with van der Waals surface area (Å²) in [5.41, 5.74) is 10.1. The lowest BCUT2D eigenvalue weighted by molar-refractivity contribution is 1.01. The molecule has 206 valence electrons. The van der Waals surface area contributed by atoms with Gasteiger partial charge in [0.05, 0.1) is 0 Å². The fraction of sp³-hybridized carbons (Fsp3) is 0.0233. The number of hydrogen-bond acceptors (Lipinski definition) is 0. The summed E-state index contributed by atoms with van der Waals surface area (Å²) in [5.74, 6) is 0. The Labute approximate surface area is 256 Å². The summed E-state index contributed by atoms with van der Waals surface area (Å²) in [6.07, 6.45) is 0. The van der Waals surface area contributed by atoms with Gasteiger partial charge in [0.1, 0.15) is 0 Å². The first-order valence-electron chi connectivity index (χ1n) is 15.3. The van der Waals surface area contributed by atoms with Gasteiger partial charge < -0.3 is 4.57 Å². The third-order valence-corrected chi connectivity index (χ3v) is 9.41. The summed E-state index contributed by atoms with van der Waals surface area (Å²) in [7, 11) is 2.18. The molecule has 9 rings (SSSR count). The van der Waals surface area contributed by atoms with Crippen LogP contribution in [-0.4, -0.2) is 4.57 Å². The Bertz CT molecular complexity index is 2490. The van der Waals surface area contributed by atoms with Gasteiger partial charge in [0.25, 0.3) is 0 Å². The molecule has 0 bridgehead atoms. The molecule has 0 saturated heterocycles. The van der Waals surface area contributed by atoms with Gasteiger partial charge in [-0.25, -0.2) is 0 Å². The van der Waals surface area contributed by atoms with Crippen molar-refractivity contribution in [1.29, 1.82) is 0 Å². The average Bonchev–Trinajstić information content (AvgIpc) is 3.39. The minimum Gasteiger partial charge on any atom is -0.344 e. The molecule has 0 aliphatic heterocycles. The Morgan fingerprint density at radius 1 is 0.341 bits per heavy atom. The molecule has 0 aliphatic rings. The van der Waals surface area contributed by atoms with Crippen LogP contribution in [0.5, 0.6) is 0 Å². The van der Waals surface area contributed by atoms with Crippen molar-refractivity contribution in [2.45, 2.75) is 0 Å². The van der Waals surface area contributed by atoms with Crippen LogP contribution in [0, 0.1) is 0 Å². The number of benzene rings is 8. The standard InChI is InChI=1S/C43H29N/c1-44-39-22-9-8-19-37(39)43-38(21-11-23-40(43)44)42-35-17-6-4-15-33(35)41(34-16-5-7-18-36(34)42)30-26-24-29(25-27-30)32-20-10-13-28-12-2-3-14-31(28)32/h2-27H,1H3. The normalized spacial score (nSPS) is 11.8. The van der Waals surface area contributed by atoms with Gasteiger partial charge in [0.15, 0.2) is 0 Å². The Morgan fingerprint density at radius 2 is 0.818 bits per heavy atom. The quantitative estimate of drug-likeness (QED) is 0.190. The van der Waals surface area contributed by atoms with Gasteiger partial charge in [-0.2, -0.15) is 0 Å². The van der Waals surface area contributed by atoms with Crippen LogP contribution in [0.25, 0.3) is 87.5 Å². The van der Waals surface area contributed by atoms with Gasteiger partial charge in [0, 0.05) is 28.9 Å². The van der Waals surface area contributed by atoms with Gasteiger partial charge in [-0.1, -0.05) is 146 Å². The summed E-state index contributed by atoms with van der Waals surface area (Å²) < 4.78 is 2.32. The minimum atomic E-state index is 1.23. The van der Waals surface area contributed by atoms with E-state index in [0.29, 0.717) is 0 Å². The lowest BCUT2D eigenvalue weighted by Gasteiger charge is -2.18. The van der Waals surface area contributed by atoms with Crippen molar-refractivity contribution in [3.05, 3.63) is 158 Å². The number of fused-ring (bicyclic) bond motifs is 6. The van der Waals surface area contributed by atoms with E-state index in [-0.39, 0.29) is 0 Å². The highest BCUT2D eigenvalue weighted by molar-refractivity contribution is 6.26. The third-order valence-electron chi connectivity index (χ3n) is 9.41. The first-order chi connectivity index (χ1) is 21.8. The molecule has 1 aromatic heterocycles. The maximum Gasteiger partial charge on any atom is 0.0495 e. The van der Waals surface area contributed by atoms with Crippen LogP contribution in [0.1, 0.15) is 0 Å². The molecule has 0 aliphatic carbocycles. The molecule has 0 saturated carbocycles. The predicted octanol–water partition coefficient (Wildman–Crippen LogP) is 11.8. The van der Waals surface area contributed by atoms with E-state index < -0.39 is 0 Å². The monoisotopic (exact) mass is 559 g/mol. The summed E-state index contributed by atoms with van der Waals surface area (Å²) in [6.45, 7) is 0. The molecular formula is C43H29N. The highest BCUT2D eigenvalue weighted by Gasteiger charge is 2.20. The van der Waals surface area contributed by atoms with Gasteiger partial charge >= 0.3 is 0 Å². The molecular weight excluding hydrogens is 530 g/mol. The first kappa shape index (κ1) is 24.9. The number of hydrogen-bond donors (Lipinski definition) is 0. The highest BCUT2D eigenvalue weighted by atomic mass is 14.9. The Kier molecular flexibility index (Phi) is 5.48. The number of aryl methyl sites for hydroxylation is 1. The molecule has 1 heteroatoms. The first-order valence-corrected chi connectivity index (χ1v) is 15.3. The Morgan fingerprint density at radius 3 is 1.52 bits per heavy atom. The van der Waals surface area contributed by atoms with E-state index in [9.17, 15) is 0 Å². The van der Waals surface area contributed by atoms with Crippen molar-refractivity contribution in [3.8, 4) is 33.4 Å². The van der Waals surface area contributed by atoms with E-state index in [1.807, 2.05) is 0 Å². The summed E-state index contributed by atoms with van der Waals surface area (Å²) in [5, 5.41) is 10.3. The molecule has 0 amide bonds. The molecule has 9 aromatic rings. The molecule has 0 N–H and O–H groups in total. The van der Waals surface area contributed by atoms with E-state index in [1.54, 1.807) is 0 Å². The SMILES string of the molecule is Cn1c2ccccc2c2c(-c3c4ccccc4c(-c4ccc(-c5cccc6ccccc56)cc4)c4ccccc34)cccc21. The third kappa shape index (κ3) is 3.60. The maximum absolute atomic E-state index is 2.32. The highest BCUT2D eigenvalue weighted by Crippen LogP contribution is 2.47. The van der Waals surface area contributed by atoms with Crippen LogP contribution in [-0.2, 0) is 7.05 Å². The molecule has 1 heterocycles. The van der Waals surface area contributed by atoms with Crippen molar-refractivity contribution in [3.63, 3.8) is 0 Å². The summed E-state index contributed by atoms with van der Waals surface area (Å²) >= 11 is 0. The number of aromatic nitrogens is 1. The predicted molar refractivity (Wildman–Crippen MR) is 189 cm³/mol. The number of nitrogens with zero attached hydrogens (tertiary/aromatic N) is 1. The van der Waals surface area contributed by atoms with Crippen LogP contribution < -0.4 is 0 Å². The van der Waals surface area contributed by atoms with E-state index in [1.165, 1.54) is 87.5 Å². The lowest BCUT2D eigenvalue weighted by atomic mass is 9.84. The summed E-state index contributed by atoms with van der Waals surface area (Å²) in [6, 6.07) is 57.8. The van der Waals surface area contributed by atoms with Gasteiger partial charge in [0.2, 0.25) is 0 Å². The second kappa shape index (κ2) is 9.69. The van der Waals surface area contributed by atoms with Crippen LogP contribution in [0.15, 0.2) is 158 Å². The average molecular weight is 560 g/mol. The van der Waals surface area contributed by atoms with Crippen LogP contribution >= 0.6 is 0 Å². The lowest BCUT2D eigenvalue weighted by Crippen LogP contribution is -1.92. The van der Waals surface area contributed by atoms with Crippen molar-refractivity contribution >= 4 is 54.1 Å². The van der Waals surface area contributed by atoms with Gasteiger partial charge in [-0.3, -0.25) is 0 Å². The molecule has 0 unspecified atom stereocenters. The molecule has 0 spiro atoms. The fourth-order valence-electron chi connectivity index (χ4n) is 7.44. The molecule has 1 nitrogen and oxygen atoms in total. The largest absolute Gasteiger partial charge is 0.344 e. The van der Waals surface area contributed by atoms with Crippen LogP contribution in [0.2, 0.25) is 0 Å².